The Morgan fingerprint density at radius 1 is 1.24 bits per heavy atom. The molecule has 0 bridgehead atoms. The molecule has 148 valence electrons. The van der Waals surface area contributed by atoms with Gasteiger partial charge in [0.2, 0.25) is 11.7 Å². The second-order valence-electron chi connectivity index (χ2n) is 5.77. The van der Waals surface area contributed by atoms with Crippen LogP contribution in [0, 0.1) is 10.1 Å². The minimum Gasteiger partial charge on any atom is -0.502 e. The maximum Gasteiger partial charge on any atom is 0.311 e. The lowest BCUT2D eigenvalue weighted by atomic mass is 10.1. The molecule has 0 radical (unpaired) electrons. The number of phenolic OH excluding ortho intramolecular Hbond substituents is 1. The lowest BCUT2D eigenvalue weighted by Crippen LogP contribution is -2.36. The van der Waals surface area contributed by atoms with Crippen molar-refractivity contribution in [2.75, 3.05) is 11.9 Å². The topological polar surface area (TPSA) is 130 Å². The monoisotopic (exact) mass is 433 g/mol. The fourth-order valence-corrected chi connectivity index (χ4v) is 3.50. The number of nitro benzene ring substituents is 1. The summed E-state index contributed by atoms with van der Waals surface area (Å²) in [6.45, 7) is -0.534. The number of carbonyl (C=O) groups excluding carboxylic acids is 3. The molecule has 2 N–H and O–H groups in total. The van der Waals surface area contributed by atoms with Crippen molar-refractivity contribution >= 4 is 57.9 Å². The Morgan fingerprint density at radius 3 is 2.66 bits per heavy atom. The van der Waals surface area contributed by atoms with E-state index in [4.69, 9.17) is 11.6 Å². The van der Waals surface area contributed by atoms with E-state index in [-0.39, 0.29) is 10.5 Å². The number of nitrogens with one attached hydrogen (secondary N) is 1. The molecular formula is C18H12ClN3O6S. The van der Waals surface area contributed by atoms with Crippen molar-refractivity contribution in [3.05, 3.63) is 68.1 Å². The number of thioether (sulfide) groups is 1. The molecule has 0 aromatic heterocycles. The van der Waals surface area contributed by atoms with Crippen molar-refractivity contribution in [1.29, 1.82) is 0 Å². The van der Waals surface area contributed by atoms with Crippen LogP contribution in [0.3, 0.4) is 0 Å². The highest BCUT2D eigenvalue weighted by Crippen LogP contribution is 2.36. The van der Waals surface area contributed by atoms with E-state index in [0.717, 1.165) is 11.0 Å². The van der Waals surface area contributed by atoms with Gasteiger partial charge in [-0.25, -0.2) is 0 Å². The van der Waals surface area contributed by atoms with Gasteiger partial charge in [-0.2, -0.15) is 0 Å². The predicted molar refractivity (Wildman–Crippen MR) is 108 cm³/mol. The molecule has 0 atom stereocenters. The van der Waals surface area contributed by atoms with Gasteiger partial charge in [-0.3, -0.25) is 29.4 Å². The van der Waals surface area contributed by atoms with E-state index in [1.165, 1.54) is 18.2 Å². The van der Waals surface area contributed by atoms with Crippen LogP contribution in [0.2, 0.25) is 5.02 Å². The second kappa shape index (κ2) is 8.33. The molecule has 1 fully saturated rings. The summed E-state index contributed by atoms with van der Waals surface area (Å²) in [5.41, 5.74) is -0.189. The maximum atomic E-state index is 12.5. The van der Waals surface area contributed by atoms with Crippen molar-refractivity contribution < 1.29 is 24.4 Å². The van der Waals surface area contributed by atoms with Crippen LogP contribution in [0.4, 0.5) is 16.2 Å². The van der Waals surface area contributed by atoms with Gasteiger partial charge >= 0.3 is 5.69 Å². The third-order valence-corrected chi connectivity index (χ3v) is 5.09. The summed E-state index contributed by atoms with van der Waals surface area (Å²) in [5, 5.41) is 23.0. The number of rotatable bonds is 5. The number of carbonyl (C=O) groups is 3. The number of hydrogen-bond donors (Lipinski definition) is 2. The largest absolute Gasteiger partial charge is 0.502 e. The van der Waals surface area contributed by atoms with Crippen LogP contribution in [0.25, 0.3) is 6.08 Å². The molecule has 3 rings (SSSR count). The first-order chi connectivity index (χ1) is 13.8. The van der Waals surface area contributed by atoms with E-state index < -0.39 is 40.0 Å². The number of hydrogen-bond acceptors (Lipinski definition) is 7. The number of anilines is 1. The van der Waals surface area contributed by atoms with Crippen LogP contribution in [-0.2, 0) is 9.59 Å². The van der Waals surface area contributed by atoms with Gasteiger partial charge < -0.3 is 10.4 Å². The van der Waals surface area contributed by atoms with Crippen LogP contribution in [0.5, 0.6) is 5.75 Å². The molecular weight excluding hydrogens is 422 g/mol. The Bertz CT molecular complexity index is 1070. The zero-order valence-corrected chi connectivity index (χ0v) is 16.1. The smallest absolute Gasteiger partial charge is 0.311 e. The average Bonchev–Trinajstić information content (AvgIpc) is 2.92. The average molecular weight is 434 g/mol. The molecule has 0 spiro atoms. The predicted octanol–water partition coefficient (Wildman–Crippen LogP) is 3.63. The molecule has 9 nitrogen and oxygen atoms in total. The first-order valence-corrected chi connectivity index (χ1v) is 9.23. The summed E-state index contributed by atoms with van der Waals surface area (Å²) in [6.07, 6.45) is 1.17. The van der Waals surface area contributed by atoms with Crippen molar-refractivity contribution in [2.24, 2.45) is 0 Å². The van der Waals surface area contributed by atoms with E-state index in [1.54, 1.807) is 24.3 Å². The van der Waals surface area contributed by atoms with Crippen LogP contribution < -0.4 is 5.32 Å². The molecule has 1 saturated heterocycles. The molecule has 2 aromatic rings. The maximum absolute atomic E-state index is 12.5. The Balaban J connectivity index is 1.77. The second-order valence-corrected chi connectivity index (χ2v) is 7.17. The fourth-order valence-electron chi connectivity index (χ4n) is 2.49. The highest BCUT2D eigenvalue weighted by atomic mass is 35.5. The Labute approximate surface area is 173 Å². The van der Waals surface area contributed by atoms with Crippen molar-refractivity contribution in [3.63, 3.8) is 0 Å². The zero-order valence-electron chi connectivity index (χ0n) is 14.5. The minimum atomic E-state index is -0.766. The molecule has 0 unspecified atom stereocenters. The first-order valence-electron chi connectivity index (χ1n) is 8.04. The summed E-state index contributed by atoms with van der Waals surface area (Å²) in [5.74, 6) is -2.00. The van der Waals surface area contributed by atoms with Gasteiger partial charge in [-0.05, 0) is 30.0 Å². The number of nitrogens with zero attached hydrogens (tertiary/aromatic N) is 2. The molecule has 0 saturated carbocycles. The fraction of sp³-hybridized carbons (Fsp3) is 0.0556. The van der Waals surface area contributed by atoms with Gasteiger partial charge in [0.05, 0.1) is 20.5 Å². The normalized spacial score (nSPS) is 15.1. The summed E-state index contributed by atoms with van der Waals surface area (Å²) < 4.78 is 0. The SMILES string of the molecule is O=C(CN1C(=O)S/C(=C/c2cccc([N+](=O)[O-])c2O)C1=O)Nc1ccccc1Cl. The Morgan fingerprint density at radius 2 is 1.97 bits per heavy atom. The first kappa shape index (κ1) is 20.4. The van der Waals surface area contributed by atoms with Crippen molar-refractivity contribution in [2.45, 2.75) is 0 Å². The van der Waals surface area contributed by atoms with E-state index >= 15 is 0 Å². The van der Waals surface area contributed by atoms with Crippen LogP contribution >= 0.6 is 23.4 Å². The molecule has 1 aliphatic heterocycles. The number of imide groups is 1. The highest BCUT2D eigenvalue weighted by molar-refractivity contribution is 8.18. The molecule has 2 aromatic carbocycles. The van der Waals surface area contributed by atoms with Gasteiger partial charge in [0, 0.05) is 11.6 Å². The number of aromatic hydroxyl groups is 1. The number of halogens is 1. The summed E-state index contributed by atoms with van der Waals surface area (Å²) in [6, 6.07) is 10.3. The third kappa shape index (κ3) is 4.39. The standard InChI is InChI=1S/C18H12ClN3O6S/c19-11-5-1-2-6-12(11)20-15(23)9-21-17(25)14(29-18(21)26)8-10-4-3-7-13(16(10)24)22(27)28/h1-8,24H,9H2,(H,20,23)/b14-8+. The molecule has 1 heterocycles. The van der Waals surface area contributed by atoms with Crippen molar-refractivity contribution in [1.82, 2.24) is 4.90 Å². The number of nitro groups is 1. The summed E-state index contributed by atoms with van der Waals surface area (Å²) >= 11 is 6.52. The molecule has 1 aliphatic rings. The van der Waals surface area contributed by atoms with Gasteiger partial charge in [-0.1, -0.05) is 35.9 Å². The van der Waals surface area contributed by atoms with Gasteiger partial charge in [-0.15, -0.1) is 0 Å². The van der Waals surface area contributed by atoms with Crippen molar-refractivity contribution in [3.8, 4) is 5.75 Å². The molecule has 0 aliphatic carbocycles. The molecule has 29 heavy (non-hydrogen) atoms. The lowest BCUT2D eigenvalue weighted by Gasteiger charge is -2.13. The van der Waals surface area contributed by atoms with Gasteiger partial charge in [0.25, 0.3) is 11.1 Å². The Hall–Kier alpha value is -3.37. The number of benzene rings is 2. The molecule has 3 amide bonds. The summed E-state index contributed by atoms with van der Waals surface area (Å²) in [7, 11) is 0. The third-order valence-electron chi connectivity index (χ3n) is 3.85. The Kier molecular flexibility index (Phi) is 5.85. The van der Waals surface area contributed by atoms with E-state index in [1.807, 2.05) is 0 Å². The minimum absolute atomic E-state index is 0.00483. The number of para-hydroxylation sites is 2. The van der Waals surface area contributed by atoms with E-state index in [0.29, 0.717) is 22.5 Å². The molecule has 11 heteroatoms. The number of phenols is 1. The van der Waals surface area contributed by atoms with Gasteiger partial charge in [0.15, 0.2) is 0 Å². The van der Waals surface area contributed by atoms with Gasteiger partial charge in [0.1, 0.15) is 6.54 Å². The summed E-state index contributed by atoms with van der Waals surface area (Å²) in [4.78, 5) is 47.6. The van der Waals surface area contributed by atoms with E-state index in [2.05, 4.69) is 5.32 Å². The van der Waals surface area contributed by atoms with Crippen LogP contribution in [0.15, 0.2) is 47.4 Å². The van der Waals surface area contributed by atoms with E-state index in [9.17, 15) is 29.6 Å². The zero-order chi connectivity index (χ0) is 21.1. The lowest BCUT2D eigenvalue weighted by molar-refractivity contribution is -0.385. The van der Waals surface area contributed by atoms with Crippen LogP contribution in [0.1, 0.15) is 5.56 Å². The number of amides is 3. The van der Waals surface area contributed by atoms with Crippen LogP contribution in [-0.4, -0.2) is 38.5 Å². The highest BCUT2D eigenvalue weighted by Gasteiger charge is 2.36. The quantitative estimate of drug-likeness (QED) is 0.418.